The summed E-state index contributed by atoms with van der Waals surface area (Å²) in [6.45, 7) is 0.639. The molecule has 0 fully saturated rings. The molecule has 0 aromatic carbocycles. The van der Waals surface area contributed by atoms with Gasteiger partial charge in [-0.2, -0.15) is 5.10 Å². The number of nitrogens with one attached hydrogen (secondary N) is 1. The van der Waals surface area contributed by atoms with Crippen molar-refractivity contribution in [2.45, 2.75) is 12.8 Å². The van der Waals surface area contributed by atoms with Crippen molar-refractivity contribution in [2.75, 3.05) is 6.54 Å². The van der Waals surface area contributed by atoms with E-state index in [0.717, 1.165) is 18.5 Å². The van der Waals surface area contributed by atoms with Gasteiger partial charge in [-0.3, -0.25) is 5.10 Å². The minimum absolute atomic E-state index is 0.639. The van der Waals surface area contributed by atoms with E-state index in [1.165, 1.54) is 11.3 Å². The summed E-state index contributed by atoms with van der Waals surface area (Å²) in [6.07, 6.45) is 7.23. The predicted octanol–water partition coefficient (Wildman–Crippen LogP) is 0.235. The van der Waals surface area contributed by atoms with Gasteiger partial charge in [-0.1, -0.05) is 0 Å². The lowest BCUT2D eigenvalue weighted by Crippen LogP contribution is -2.06. The van der Waals surface area contributed by atoms with E-state index in [1.54, 1.807) is 6.33 Å². The largest absolute Gasteiger partial charge is 0.337 e. The molecule has 0 bridgehead atoms. The van der Waals surface area contributed by atoms with Gasteiger partial charge in [0.25, 0.3) is 0 Å². The number of nitrogens with zero attached hydrogens (tertiary/aromatic N) is 3. The van der Waals surface area contributed by atoms with Crippen LogP contribution in [0.1, 0.15) is 17.0 Å². The Morgan fingerprint density at radius 3 is 3.00 bits per heavy atom. The molecule has 2 heterocycles. The van der Waals surface area contributed by atoms with Gasteiger partial charge in [0.1, 0.15) is 0 Å². The Bertz CT molecular complexity index is 428. The van der Waals surface area contributed by atoms with Crippen molar-refractivity contribution in [3.05, 3.63) is 35.7 Å². The van der Waals surface area contributed by atoms with Crippen LogP contribution in [0, 0.1) is 0 Å². The van der Waals surface area contributed by atoms with Gasteiger partial charge < -0.3 is 10.3 Å². The summed E-state index contributed by atoms with van der Waals surface area (Å²) in [5.74, 6) is 0. The number of rotatable bonds is 4. The molecule has 0 radical (unpaired) electrons. The first-order chi connectivity index (χ1) is 7.31. The number of aryl methyl sites for hydroxylation is 1. The monoisotopic (exact) mass is 205 g/mol. The van der Waals surface area contributed by atoms with Crippen LogP contribution >= 0.6 is 0 Å². The van der Waals surface area contributed by atoms with Crippen molar-refractivity contribution in [1.29, 1.82) is 0 Å². The fourth-order valence-electron chi connectivity index (χ4n) is 1.60. The van der Waals surface area contributed by atoms with Gasteiger partial charge in [0.05, 0.1) is 12.5 Å². The van der Waals surface area contributed by atoms with Gasteiger partial charge in [-0.05, 0) is 12.1 Å². The summed E-state index contributed by atoms with van der Waals surface area (Å²) in [5.41, 5.74) is 9.02. The summed E-state index contributed by atoms with van der Waals surface area (Å²) < 4.78 is 2.01. The molecular weight excluding hydrogens is 190 g/mol. The fourth-order valence-corrected chi connectivity index (χ4v) is 1.60. The lowest BCUT2D eigenvalue weighted by molar-refractivity contribution is 0.834. The van der Waals surface area contributed by atoms with Gasteiger partial charge in [0.2, 0.25) is 0 Å². The normalized spacial score (nSPS) is 10.8. The highest BCUT2D eigenvalue weighted by atomic mass is 15.1. The van der Waals surface area contributed by atoms with E-state index < -0.39 is 0 Å². The second kappa shape index (κ2) is 4.27. The standard InChI is InChI=1S/C10H15N5/c1-15-7-12-6-9(15)4-8-5-13-14-10(8)2-3-11/h5-7H,2-4,11H2,1H3,(H,13,14). The Morgan fingerprint density at radius 2 is 2.33 bits per heavy atom. The molecule has 2 rings (SSSR count). The molecule has 3 N–H and O–H groups in total. The van der Waals surface area contributed by atoms with E-state index in [1.807, 2.05) is 24.0 Å². The Balaban J connectivity index is 2.17. The molecule has 0 aliphatic carbocycles. The molecule has 0 unspecified atom stereocenters. The van der Waals surface area contributed by atoms with Gasteiger partial charge in [0, 0.05) is 37.5 Å². The quantitative estimate of drug-likeness (QED) is 0.750. The number of aromatic amines is 1. The summed E-state index contributed by atoms with van der Waals surface area (Å²) >= 11 is 0. The summed E-state index contributed by atoms with van der Waals surface area (Å²) in [5, 5.41) is 7.02. The third kappa shape index (κ3) is 2.07. The van der Waals surface area contributed by atoms with Crippen LogP contribution in [0.2, 0.25) is 0 Å². The number of aromatic nitrogens is 4. The molecule has 0 saturated carbocycles. The molecule has 0 amide bonds. The third-order valence-corrected chi connectivity index (χ3v) is 2.49. The van der Waals surface area contributed by atoms with E-state index in [-0.39, 0.29) is 0 Å². The first-order valence-corrected chi connectivity index (χ1v) is 4.97. The van der Waals surface area contributed by atoms with Crippen LogP contribution in [0.15, 0.2) is 18.7 Å². The minimum atomic E-state index is 0.639. The van der Waals surface area contributed by atoms with Gasteiger partial charge in [-0.15, -0.1) is 0 Å². The Kier molecular flexibility index (Phi) is 2.82. The lowest BCUT2D eigenvalue weighted by atomic mass is 10.1. The molecule has 0 aliphatic rings. The zero-order chi connectivity index (χ0) is 10.7. The molecule has 2 aromatic rings. The first-order valence-electron chi connectivity index (χ1n) is 4.97. The zero-order valence-electron chi connectivity index (χ0n) is 8.77. The Morgan fingerprint density at radius 1 is 1.47 bits per heavy atom. The van der Waals surface area contributed by atoms with Crippen LogP contribution in [0.4, 0.5) is 0 Å². The highest BCUT2D eigenvalue weighted by Crippen LogP contribution is 2.11. The van der Waals surface area contributed by atoms with Crippen molar-refractivity contribution in [1.82, 2.24) is 19.7 Å². The summed E-state index contributed by atoms with van der Waals surface area (Å²) in [6, 6.07) is 0. The lowest BCUT2D eigenvalue weighted by Gasteiger charge is -2.02. The van der Waals surface area contributed by atoms with Crippen molar-refractivity contribution in [3.8, 4) is 0 Å². The molecule has 15 heavy (non-hydrogen) atoms. The van der Waals surface area contributed by atoms with Crippen molar-refractivity contribution in [3.63, 3.8) is 0 Å². The van der Waals surface area contributed by atoms with Crippen molar-refractivity contribution < 1.29 is 0 Å². The second-order valence-corrected chi connectivity index (χ2v) is 3.59. The van der Waals surface area contributed by atoms with Crippen LogP contribution in [-0.2, 0) is 19.9 Å². The molecule has 5 heteroatoms. The van der Waals surface area contributed by atoms with E-state index in [9.17, 15) is 0 Å². The predicted molar refractivity (Wildman–Crippen MR) is 57.4 cm³/mol. The minimum Gasteiger partial charge on any atom is -0.337 e. The average molecular weight is 205 g/mol. The molecule has 5 nitrogen and oxygen atoms in total. The molecule has 0 saturated heterocycles. The van der Waals surface area contributed by atoms with Crippen LogP contribution < -0.4 is 5.73 Å². The molecule has 0 atom stereocenters. The van der Waals surface area contributed by atoms with E-state index in [4.69, 9.17) is 5.73 Å². The van der Waals surface area contributed by atoms with E-state index >= 15 is 0 Å². The van der Waals surface area contributed by atoms with Crippen molar-refractivity contribution in [2.24, 2.45) is 12.8 Å². The van der Waals surface area contributed by atoms with E-state index in [2.05, 4.69) is 15.2 Å². The Hall–Kier alpha value is -1.62. The maximum absolute atomic E-state index is 5.53. The Labute approximate surface area is 88.3 Å². The summed E-state index contributed by atoms with van der Waals surface area (Å²) in [7, 11) is 1.99. The van der Waals surface area contributed by atoms with Crippen LogP contribution in [0.25, 0.3) is 0 Å². The second-order valence-electron chi connectivity index (χ2n) is 3.59. The van der Waals surface area contributed by atoms with Gasteiger partial charge in [0.15, 0.2) is 0 Å². The fraction of sp³-hybridized carbons (Fsp3) is 0.400. The highest BCUT2D eigenvalue weighted by Gasteiger charge is 2.07. The van der Waals surface area contributed by atoms with Crippen LogP contribution in [0.3, 0.4) is 0 Å². The molecular formula is C10H15N5. The van der Waals surface area contributed by atoms with Gasteiger partial charge >= 0.3 is 0 Å². The number of hydrogen-bond acceptors (Lipinski definition) is 3. The molecule has 80 valence electrons. The number of nitrogens with two attached hydrogens (primary N) is 1. The van der Waals surface area contributed by atoms with Crippen LogP contribution in [0.5, 0.6) is 0 Å². The highest BCUT2D eigenvalue weighted by molar-refractivity contribution is 5.22. The SMILES string of the molecule is Cn1cncc1Cc1cn[nH]c1CCN. The summed E-state index contributed by atoms with van der Waals surface area (Å²) in [4.78, 5) is 4.09. The topological polar surface area (TPSA) is 72.5 Å². The zero-order valence-corrected chi connectivity index (χ0v) is 8.77. The smallest absolute Gasteiger partial charge is 0.0945 e. The molecule has 0 spiro atoms. The number of imidazole rings is 1. The average Bonchev–Trinajstić information content (AvgIpc) is 2.80. The van der Waals surface area contributed by atoms with Gasteiger partial charge in [-0.25, -0.2) is 4.98 Å². The van der Waals surface area contributed by atoms with Crippen molar-refractivity contribution >= 4 is 0 Å². The molecule has 2 aromatic heterocycles. The third-order valence-electron chi connectivity index (χ3n) is 2.49. The number of hydrogen-bond donors (Lipinski definition) is 2. The maximum Gasteiger partial charge on any atom is 0.0945 e. The maximum atomic E-state index is 5.53. The number of H-pyrrole nitrogens is 1. The molecule has 0 aliphatic heterocycles. The van der Waals surface area contributed by atoms with E-state index in [0.29, 0.717) is 6.54 Å². The first kappa shape index (κ1) is 9.92. The van der Waals surface area contributed by atoms with Crippen LogP contribution in [-0.4, -0.2) is 26.3 Å².